The minimum Gasteiger partial charge on any atom is -0.481 e. The Balaban J connectivity index is 2.23. The maximum Gasteiger partial charge on any atom is 0.278 e. The fraction of sp³-hybridized carbons (Fsp3) is 0.500. The summed E-state index contributed by atoms with van der Waals surface area (Å²) in [5, 5.41) is 7.99. The second-order valence-electron chi connectivity index (χ2n) is 3.72. The van der Waals surface area contributed by atoms with Crippen LogP contribution in [0.15, 0.2) is 10.6 Å². The van der Waals surface area contributed by atoms with Gasteiger partial charge in [-0.25, -0.2) is 4.68 Å². The number of aryl methyl sites for hydroxylation is 1. The Bertz CT molecular complexity index is 521. The largest absolute Gasteiger partial charge is 0.481 e. The number of hydrogen-bond acceptors (Lipinski definition) is 7. The molecule has 0 saturated heterocycles. The molecule has 0 aliphatic heterocycles. The molecule has 8 heteroatoms. The van der Waals surface area contributed by atoms with Gasteiger partial charge in [-0.1, -0.05) is 5.16 Å². The van der Waals surface area contributed by atoms with Crippen LogP contribution in [0.3, 0.4) is 0 Å². The van der Waals surface area contributed by atoms with Crippen molar-refractivity contribution in [2.45, 2.75) is 6.04 Å². The van der Waals surface area contributed by atoms with Gasteiger partial charge in [-0.05, 0) is 0 Å². The third kappa shape index (κ3) is 2.34. The van der Waals surface area contributed by atoms with E-state index >= 15 is 0 Å². The Hall–Kier alpha value is -1.93. The zero-order valence-corrected chi connectivity index (χ0v) is 10.5. The summed E-state index contributed by atoms with van der Waals surface area (Å²) in [6, 6.07) is 1.29. The van der Waals surface area contributed by atoms with Gasteiger partial charge >= 0.3 is 0 Å². The predicted octanol–water partition coefficient (Wildman–Crippen LogP) is 0.125. The van der Waals surface area contributed by atoms with Crippen LogP contribution in [-0.2, 0) is 11.8 Å². The van der Waals surface area contributed by atoms with Crippen LogP contribution in [-0.4, -0.2) is 40.7 Å². The fourth-order valence-electron chi connectivity index (χ4n) is 1.49. The first-order valence-electron chi connectivity index (χ1n) is 5.32. The Kier molecular flexibility index (Phi) is 3.58. The van der Waals surface area contributed by atoms with Gasteiger partial charge in [0.1, 0.15) is 0 Å². The average molecular weight is 253 g/mol. The van der Waals surface area contributed by atoms with Crippen molar-refractivity contribution < 1.29 is 14.0 Å². The van der Waals surface area contributed by atoms with Crippen LogP contribution in [0, 0.1) is 0 Å². The van der Waals surface area contributed by atoms with E-state index in [1.54, 1.807) is 32.0 Å². The molecule has 1 unspecified atom stereocenters. The Morgan fingerprint density at radius 1 is 1.50 bits per heavy atom. The number of nitrogens with zero attached hydrogens (tertiary/aromatic N) is 4. The minimum atomic E-state index is -0.418. The van der Waals surface area contributed by atoms with Gasteiger partial charge in [-0.2, -0.15) is 10.1 Å². The van der Waals surface area contributed by atoms with Crippen molar-refractivity contribution in [3.05, 3.63) is 11.9 Å². The van der Waals surface area contributed by atoms with Crippen LogP contribution in [0.2, 0.25) is 0 Å². The first-order valence-corrected chi connectivity index (χ1v) is 5.32. The molecule has 2 aromatic rings. The molecule has 2 rings (SSSR count). The van der Waals surface area contributed by atoms with Crippen LogP contribution >= 0.6 is 0 Å². The van der Waals surface area contributed by atoms with Crippen molar-refractivity contribution in [3.63, 3.8) is 0 Å². The summed E-state index contributed by atoms with van der Waals surface area (Å²) in [5.74, 6) is 1.29. The number of hydrogen-bond donors (Lipinski definition) is 1. The molecule has 2 heterocycles. The molecule has 0 fully saturated rings. The van der Waals surface area contributed by atoms with E-state index in [4.69, 9.17) is 19.7 Å². The van der Waals surface area contributed by atoms with E-state index in [1.165, 1.54) is 0 Å². The van der Waals surface area contributed by atoms with E-state index in [1.807, 2.05) is 0 Å². The topological polar surface area (TPSA) is 101 Å². The van der Waals surface area contributed by atoms with Crippen molar-refractivity contribution >= 4 is 0 Å². The zero-order chi connectivity index (χ0) is 13.1. The highest BCUT2D eigenvalue weighted by molar-refractivity contribution is 5.48. The molecule has 0 spiro atoms. The number of nitrogens with two attached hydrogens (primary N) is 1. The molecule has 0 amide bonds. The summed E-state index contributed by atoms with van der Waals surface area (Å²) < 4.78 is 16.7. The van der Waals surface area contributed by atoms with Gasteiger partial charge < -0.3 is 19.7 Å². The van der Waals surface area contributed by atoms with E-state index in [0.29, 0.717) is 29.9 Å². The lowest BCUT2D eigenvalue weighted by atomic mass is 10.3. The first kappa shape index (κ1) is 12.5. The standard InChI is InChI=1S/C10H15N5O3/c1-15-8(17-3)4-7(13-15)10-12-9(14-18-10)6(11)5-16-2/h4,6H,5,11H2,1-3H3. The zero-order valence-electron chi connectivity index (χ0n) is 10.5. The minimum absolute atomic E-state index is 0.301. The van der Waals surface area contributed by atoms with Crippen molar-refractivity contribution in [2.24, 2.45) is 12.8 Å². The molecular formula is C10H15N5O3. The third-order valence-corrected chi connectivity index (χ3v) is 2.38. The van der Waals surface area contributed by atoms with Gasteiger partial charge in [-0.3, -0.25) is 0 Å². The quantitative estimate of drug-likeness (QED) is 0.807. The lowest BCUT2D eigenvalue weighted by Gasteiger charge is -2.02. The lowest BCUT2D eigenvalue weighted by molar-refractivity contribution is 0.177. The maximum absolute atomic E-state index is 5.80. The van der Waals surface area contributed by atoms with Gasteiger partial charge in [0.25, 0.3) is 5.89 Å². The van der Waals surface area contributed by atoms with Crippen molar-refractivity contribution in [1.29, 1.82) is 0 Å². The third-order valence-electron chi connectivity index (χ3n) is 2.38. The molecule has 0 radical (unpaired) electrons. The van der Waals surface area contributed by atoms with Crippen LogP contribution in [0.25, 0.3) is 11.6 Å². The van der Waals surface area contributed by atoms with E-state index in [2.05, 4.69) is 15.2 Å². The first-order chi connectivity index (χ1) is 8.65. The van der Waals surface area contributed by atoms with Crippen molar-refractivity contribution in [2.75, 3.05) is 20.8 Å². The second kappa shape index (κ2) is 5.15. The molecule has 2 N–H and O–H groups in total. The maximum atomic E-state index is 5.80. The van der Waals surface area contributed by atoms with Gasteiger partial charge in [0.05, 0.1) is 19.8 Å². The highest BCUT2D eigenvalue weighted by Crippen LogP contribution is 2.21. The molecule has 8 nitrogen and oxygen atoms in total. The molecule has 0 saturated carbocycles. The van der Waals surface area contributed by atoms with Gasteiger partial charge in [0.2, 0.25) is 5.88 Å². The van der Waals surface area contributed by atoms with Crippen LogP contribution in [0.1, 0.15) is 11.9 Å². The molecule has 0 aliphatic rings. The summed E-state index contributed by atoms with van der Waals surface area (Å²) in [6.07, 6.45) is 0. The SMILES string of the molecule is COCC(N)c1noc(-c2cc(OC)n(C)n2)n1. The summed E-state index contributed by atoms with van der Waals surface area (Å²) >= 11 is 0. The number of ether oxygens (including phenoxy) is 2. The normalized spacial score (nSPS) is 12.7. The Morgan fingerprint density at radius 3 is 2.89 bits per heavy atom. The molecule has 18 heavy (non-hydrogen) atoms. The number of aromatic nitrogens is 4. The second-order valence-corrected chi connectivity index (χ2v) is 3.72. The molecule has 0 bridgehead atoms. The molecule has 98 valence electrons. The summed E-state index contributed by atoms with van der Waals surface area (Å²) in [4.78, 5) is 4.17. The molecular weight excluding hydrogens is 238 g/mol. The fourth-order valence-corrected chi connectivity index (χ4v) is 1.49. The van der Waals surface area contributed by atoms with E-state index < -0.39 is 6.04 Å². The van der Waals surface area contributed by atoms with Gasteiger partial charge in [0, 0.05) is 20.2 Å². The average Bonchev–Trinajstić information content (AvgIpc) is 2.95. The predicted molar refractivity (Wildman–Crippen MR) is 61.9 cm³/mol. The van der Waals surface area contributed by atoms with Gasteiger partial charge in [0.15, 0.2) is 11.5 Å². The molecule has 0 aliphatic carbocycles. The summed E-state index contributed by atoms with van der Waals surface area (Å²) in [6.45, 7) is 0.324. The van der Waals surface area contributed by atoms with Crippen LogP contribution in [0.5, 0.6) is 5.88 Å². The van der Waals surface area contributed by atoms with Crippen molar-refractivity contribution in [3.8, 4) is 17.5 Å². The number of methoxy groups -OCH3 is 2. The van der Waals surface area contributed by atoms with E-state index in [9.17, 15) is 0 Å². The molecule has 2 aromatic heterocycles. The highest BCUT2D eigenvalue weighted by atomic mass is 16.5. The summed E-state index contributed by atoms with van der Waals surface area (Å²) in [7, 11) is 4.88. The van der Waals surface area contributed by atoms with Crippen LogP contribution in [0.4, 0.5) is 0 Å². The molecule has 0 aromatic carbocycles. The summed E-state index contributed by atoms with van der Waals surface area (Å²) in [5.41, 5.74) is 6.34. The lowest BCUT2D eigenvalue weighted by Crippen LogP contribution is -2.17. The van der Waals surface area contributed by atoms with Crippen molar-refractivity contribution in [1.82, 2.24) is 19.9 Å². The Labute approximate surface area is 104 Å². The highest BCUT2D eigenvalue weighted by Gasteiger charge is 2.18. The Morgan fingerprint density at radius 2 is 2.28 bits per heavy atom. The van der Waals surface area contributed by atoms with E-state index in [-0.39, 0.29) is 0 Å². The van der Waals surface area contributed by atoms with E-state index in [0.717, 1.165) is 0 Å². The van der Waals surface area contributed by atoms with Gasteiger partial charge in [-0.15, -0.1) is 0 Å². The smallest absolute Gasteiger partial charge is 0.278 e. The van der Waals surface area contributed by atoms with Crippen LogP contribution < -0.4 is 10.5 Å². The molecule has 1 atom stereocenters. The monoisotopic (exact) mass is 253 g/mol. The number of rotatable bonds is 5.